The number of nitrogens with one attached hydrogen (secondary N) is 1. The van der Waals surface area contributed by atoms with E-state index in [1.165, 1.54) is 9.13 Å². The second-order valence-electron chi connectivity index (χ2n) is 7.54. The molecule has 2 aromatic heterocycles. The molecule has 0 aliphatic rings. The fourth-order valence-electron chi connectivity index (χ4n) is 3.49. The number of carbonyl (C=O) groups excluding carboxylic acids is 2. The molecular formula is C23H23N5O4. The average Bonchev–Trinajstić information content (AvgIpc) is 3.25. The Morgan fingerprint density at radius 3 is 2.44 bits per heavy atom. The molecule has 9 nitrogen and oxygen atoms in total. The molecule has 1 N–H and O–H groups in total. The number of nitrogens with zero attached hydrogens (tertiary/aromatic N) is 4. The smallest absolute Gasteiger partial charge is 0.329 e. The standard InChI is InChI=1S/C23H23N5O4/c1-15-8-10-17(11-9-15)28-20(12-16(2)25-28)24-21(29)14-32-22(30)13-27-19-7-5-4-6-18(19)26(3)23(27)31/h4-12H,13-14H2,1-3H3,(H,24,29). The van der Waals surface area contributed by atoms with Gasteiger partial charge in [0.15, 0.2) is 6.61 Å². The molecule has 1 amide bonds. The van der Waals surface area contributed by atoms with E-state index in [4.69, 9.17) is 4.74 Å². The van der Waals surface area contributed by atoms with Crippen molar-refractivity contribution < 1.29 is 14.3 Å². The van der Waals surface area contributed by atoms with Crippen LogP contribution in [0, 0.1) is 13.8 Å². The third-order valence-corrected chi connectivity index (χ3v) is 5.08. The van der Waals surface area contributed by atoms with Gasteiger partial charge in [-0.15, -0.1) is 0 Å². The van der Waals surface area contributed by atoms with Gasteiger partial charge in [0, 0.05) is 13.1 Å². The van der Waals surface area contributed by atoms with E-state index in [9.17, 15) is 14.4 Å². The van der Waals surface area contributed by atoms with E-state index in [0.29, 0.717) is 16.9 Å². The van der Waals surface area contributed by atoms with Gasteiger partial charge in [0.25, 0.3) is 5.91 Å². The molecule has 4 aromatic rings. The summed E-state index contributed by atoms with van der Waals surface area (Å²) in [6.07, 6.45) is 0. The van der Waals surface area contributed by atoms with Gasteiger partial charge < -0.3 is 10.1 Å². The molecule has 0 saturated heterocycles. The minimum Gasteiger partial charge on any atom is -0.454 e. The predicted molar refractivity (Wildman–Crippen MR) is 120 cm³/mol. The first-order valence-electron chi connectivity index (χ1n) is 10.1. The summed E-state index contributed by atoms with van der Waals surface area (Å²) in [5, 5.41) is 7.13. The van der Waals surface area contributed by atoms with E-state index in [-0.39, 0.29) is 12.2 Å². The van der Waals surface area contributed by atoms with Crippen molar-refractivity contribution in [2.75, 3.05) is 11.9 Å². The lowest BCUT2D eigenvalue weighted by molar-refractivity contribution is -0.147. The SMILES string of the molecule is Cc1ccc(-n2nc(C)cc2NC(=O)COC(=O)Cn2c(=O)n(C)c3ccccc32)cc1. The lowest BCUT2D eigenvalue weighted by Gasteiger charge is -2.10. The Bertz CT molecular complexity index is 1360. The number of anilines is 1. The van der Waals surface area contributed by atoms with Crippen molar-refractivity contribution in [3.63, 3.8) is 0 Å². The maximum absolute atomic E-state index is 12.4. The molecule has 0 spiro atoms. The van der Waals surface area contributed by atoms with Crippen LogP contribution in [0.15, 0.2) is 59.4 Å². The number of para-hydroxylation sites is 2. The topological polar surface area (TPSA) is 100 Å². The maximum Gasteiger partial charge on any atom is 0.329 e. The van der Waals surface area contributed by atoms with Crippen LogP contribution in [0.3, 0.4) is 0 Å². The van der Waals surface area contributed by atoms with E-state index in [0.717, 1.165) is 16.9 Å². The van der Waals surface area contributed by atoms with E-state index in [1.807, 2.05) is 44.2 Å². The van der Waals surface area contributed by atoms with Crippen LogP contribution in [-0.2, 0) is 27.9 Å². The van der Waals surface area contributed by atoms with Crippen molar-refractivity contribution in [3.05, 3.63) is 76.3 Å². The van der Waals surface area contributed by atoms with E-state index >= 15 is 0 Å². The van der Waals surface area contributed by atoms with Gasteiger partial charge in [0.05, 0.1) is 22.4 Å². The number of aromatic nitrogens is 4. The number of esters is 1. The molecule has 164 valence electrons. The Labute approximate surface area is 183 Å². The first-order valence-corrected chi connectivity index (χ1v) is 10.1. The summed E-state index contributed by atoms with van der Waals surface area (Å²) in [6.45, 7) is 3.05. The number of fused-ring (bicyclic) bond motifs is 1. The second kappa shape index (κ2) is 8.54. The van der Waals surface area contributed by atoms with Crippen molar-refractivity contribution in [1.82, 2.24) is 18.9 Å². The zero-order valence-corrected chi connectivity index (χ0v) is 18.0. The van der Waals surface area contributed by atoms with E-state index < -0.39 is 18.5 Å². The maximum atomic E-state index is 12.4. The van der Waals surface area contributed by atoms with Gasteiger partial charge in [-0.3, -0.25) is 18.7 Å². The van der Waals surface area contributed by atoms with Gasteiger partial charge in [-0.1, -0.05) is 29.8 Å². The summed E-state index contributed by atoms with van der Waals surface area (Å²) >= 11 is 0. The number of amides is 1. The average molecular weight is 433 g/mol. The number of hydrogen-bond acceptors (Lipinski definition) is 5. The number of benzene rings is 2. The molecular weight excluding hydrogens is 410 g/mol. The molecule has 0 unspecified atom stereocenters. The number of ether oxygens (including phenoxy) is 1. The summed E-state index contributed by atoms with van der Waals surface area (Å²) in [7, 11) is 1.64. The van der Waals surface area contributed by atoms with E-state index in [2.05, 4.69) is 10.4 Å². The van der Waals surface area contributed by atoms with Crippen LogP contribution in [0.4, 0.5) is 5.82 Å². The van der Waals surface area contributed by atoms with E-state index in [1.54, 1.807) is 36.0 Å². The molecule has 0 bridgehead atoms. The molecule has 0 aliphatic heterocycles. The highest BCUT2D eigenvalue weighted by Crippen LogP contribution is 2.18. The predicted octanol–water partition coefficient (Wildman–Crippen LogP) is 2.32. The molecule has 4 rings (SSSR count). The van der Waals surface area contributed by atoms with Crippen LogP contribution in [0.25, 0.3) is 16.7 Å². The van der Waals surface area contributed by atoms with Gasteiger partial charge >= 0.3 is 11.7 Å². The number of hydrogen-bond donors (Lipinski definition) is 1. The van der Waals surface area contributed by atoms with Crippen molar-refractivity contribution in [2.24, 2.45) is 7.05 Å². The molecule has 9 heteroatoms. The van der Waals surface area contributed by atoms with Crippen molar-refractivity contribution in [3.8, 4) is 5.69 Å². The second-order valence-corrected chi connectivity index (χ2v) is 7.54. The Hall–Kier alpha value is -4.14. The minimum atomic E-state index is -0.679. The highest BCUT2D eigenvalue weighted by molar-refractivity contribution is 5.92. The zero-order valence-electron chi connectivity index (χ0n) is 18.0. The minimum absolute atomic E-state index is 0.284. The Morgan fingerprint density at radius 1 is 1.03 bits per heavy atom. The zero-order chi connectivity index (χ0) is 22.8. The summed E-state index contributed by atoms with van der Waals surface area (Å²) in [5.74, 6) is -0.712. The summed E-state index contributed by atoms with van der Waals surface area (Å²) < 4.78 is 9.51. The lowest BCUT2D eigenvalue weighted by Crippen LogP contribution is -2.28. The number of rotatable bonds is 6. The number of imidazole rings is 1. The van der Waals surface area contributed by atoms with Crippen molar-refractivity contribution in [1.29, 1.82) is 0 Å². The molecule has 2 heterocycles. The van der Waals surface area contributed by atoms with Crippen LogP contribution < -0.4 is 11.0 Å². The quantitative estimate of drug-likeness (QED) is 0.471. The van der Waals surface area contributed by atoms with Gasteiger partial charge in [-0.25, -0.2) is 9.48 Å². The first kappa shape index (κ1) is 21.1. The van der Waals surface area contributed by atoms with Crippen molar-refractivity contribution >= 4 is 28.7 Å². The normalized spacial score (nSPS) is 11.0. The molecule has 0 radical (unpaired) electrons. The fraction of sp³-hybridized carbons (Fsp3) is 0.217. The third-order valence-electron chi connectivity index (χ3n) is 5.08. The number of aryl methyl sites for hydroxylation is 3. The molecule has 32 heavy (non-hydrogen) atoms. The highest BCUT2D eigenvalue weighted by atomic mass is 16.5. The van der Waals surface area contributed by atoms with Gasteiger partial charge in [-0.2, -0.15) is 5.10 Å². The third kappa shape index (κ3) is 4.18. The molecule has 0 aliphatic carbocycles. The van der Waals surface area contributed by atoms with Crippen LogP contribution in [0.2, 0.25) is 0 Å². The molecule has 0 saturated carbocycles. The van der Waals surface area contributed by atoms with Gasteiger partial charge in [0.2, 0.25) is 0 Å². The van der Waals surface area contributed by atoms with Crippen molar-refractivity contribution in [2.45, 2.75) is 20.4 Å². The highest BCUT2D eigenvalue weighted by Gasteiger charge is 2.16. The summed E-state index contributed by atoms with van der Waals surface area (Å²) in [6, 6.07) is 16.6. The monoisotopic (exact) mass is 433 g/mol. The van der Waals surface area contributed by atoms with Crippen LogP contribution in [0.5, 0.6) is 0 Å². The van der Waals surface area contributed by atoms with Gasteiger partial charge in [0.1, 0.15) is 12.4 Å². The number of carbonyl (C=O) groups is 2. The molecule has 2 aromatic carbocycles. The largest absolute Gasteiger partial charge is 0.454 e. The summed E-state index contributed by atoms with van der Waals surface area (Å²) in [4.78, 5) is 37.1. The molecule has 0 fully saturated rings. The van der Waals surface area contributed by atoms with Crippen LogP contribution in [0.1, 0.15) is 11.3 Å². The van der Waals surface area contributed by atoms with Crippen LogP contribution in [-0.4, -0.2) is 37.4 Å². The summed E-state index contributed by atoms with van der Waals surface area (Å²) in [5.41, 5.74) is 3.65. The van der Waals surface area contributed by atoms with Crippen LogP contribution >= 0.6 is 0 Å². The molecule has 0 atom stereocenters. The lowest BCUT2D eigenvalue weighted by atomic mass is 10.2. The Morgan fingerprint density at radius 2 is 1.72 bits per heavy atom. The Kier molecular flexibility index (Phi) is 5.63. The fourth-order valence-corrected chi connectivity index (χ4v) is 3.49. The first-order chi connectivity index (χ1) is 15.3. The Balaban J connectivity index is 1.41. The van der Waals surface area contributed by atoms with Gasteiger partial charge in [-0.05, 0) is 38.1 Å².